The molecule has 0 radical (unpaired) electrons. The van der Waals surface area contributed by atoms with Crippen LogP contribution in [-0.2, 0) is 28.8 Å². The average Bonchev–Trinajstić information content (AvgIpc) is 2.62. The number of carbonyl (C=O) groups is 1. The van der Waals surface area contributed by atoms with Crippen molar-refractivity contribution in [2.45, 2.75) is 52.0 Å². The third-order valence-electron chi connectivity index (χ3n) is 5.57. The van der Waals surface area contributed by atoms with E-state index in [0.29, 0.717) is 18.4 Å². The van der Waals surface area contributed by atoms with Crippen LogP contribution in [0.5, 0.6) is 0 Å². The van der Waals surface area contributed by atoms with Gasteiger partial charge in [-0.3, -0.25) is 9.69 Å². The number of fused-ring (bicyclic) bond motifs is 1. The van der Waals surface area contributed by atoms with Gasteiger partial charge < -0.3 is 10.1 Å². The molecule has 1 atom stereocenters. The molecule has 0 bridgehead atoms. The fourth-order valence-electron chi connectivity index (χ4n) is 4.06. The Hall–Kier alpha value is -1.39. The first kappa shape index (κ1) is 18.4. The van der Waals surface area contributed by atoms with Crippen molar-refractivity contribution in [3.8, 4) is 0 Å². The van der Waals surface area contributed by atoms with Crippen molar-refractivity contribution in [2.24, 2.45) is 5.92 Å². The number of amides is 1. The van der Waals surface area contributed by atoms with Crippen molar-refractivity contribution < 1.29 is 9.53 Å². The SMILES string of the molecule is CC(C)[C@@H](CNC(=O)Cc1ccc2c(c1)CCCC2)N1CCOCC1. The maximum atomic E-state index is 12.4. The lowest BCUT2D eigenvalue weighted by molar-refractivity contribution is -0.120. The van der Waals surface area contributed by atoms with E-state index in [0.717, 1.165) is 44.8 Å². The highest BCUT2D eigenvalue weighted by Gasteiger charge is 2.24. The summed E-state index contributed by atoms with van der Waals surface area (Å²) in [6.07, 6.45) is 5.42. The van der Waals surface area contributed by atoms with Gasteiger partial charge in [-0.05, 0) is 48.3 Å². The largest absolute Gasteiger partial charge is 0.379 e. The maximum Gasteiger partial charge on any atom is 0.224 e. The molecular formula is C21H32N2O2. The molecule has 4 heteroatoms. The van der Waals surface area contributed by atoms with E-state index in [4.69, 9.17) is 4.74 Å². The molecule has 1 amide bonds. The number of ether oxygens (including phenoxy) is 1. The van der Waals surface area contributed by atoms with E-state index >= 15 is 0 Å². The van der Waals surface area contributed by atoms with Gasteiger partial charge in [0.1, 0.15) is 0 Å². The molecule has 0 unspecified atom stereocenters. The quantitative estimate of drug-likeness (QED) is 0.862. The van der Waals surface area contributed by atoms with Crippen LogP contribution in [0.15, 0.2) is 18.2 Å². The molecule has 1 heterocycles. The van der Waals surface area contributed by atoms with Gasteiger partial charge in [0, 0.05) is 25.7 Å². The van der Waals surface area contributed by atoms with Crippen LogP contribution < -0.4 is 5.32 Å². The lowest BCUT2D eigenvalue weighted by atomic mass is 9.90. The van der Waals surface area contributed by atoms with Gasteiger partial charge in [0.15, 0.2) is 0 Å². The van der Waals surface area contributed by atoms with Crippen molar-refractivity contribution >= 4 is 5.91 Å². The van der Waals surface area contributed by atoms with Gasteiger partial charge in [-0.2, -0.15) is 0 Å². The molecule has 4 nitrogen and oxygen atoms in total. The molecule has 1 saturated heterocycles. The molecule has 2 aliphatic rings. The highest BCUT2D eigenvalue weighted by Crippen LogP contribution is 2.22. The second-order valence-electron chi connectivity index (χ2n) is 7.75. The molecule has 1 aliphatic heterocycles. The zero-order valence-electron chi connectivity index (χ0n) is 15.7. The van der Waals surface area contributed by atoms with Crippen LogP contribution in [0.4, 0.5) is 0 Å². The number of carbonyl (C=O) groups excluding carboxylic acids is 1. The molecule has 25 heavy (non-hydrogen) atoms. The lowest BCUT2D eigenvalue weighted by Gasteiger charge is -2.36. The van der Waals surface area contributed by atoms with E-state index in [2.05, 4.69) is 42.3 Å². The summed E-state index contributed by atoms with van der Waals surface area (Å²) in [7, 11) is 0. The standard InChI is InChI=1S/C21H32N2O2/c1-16(2)20(23-9-11-25-12-10-23)15-22-21(24)14-17-7-8-18-5-3-4-6-19(18)13-17/h7-8,13,16,20H,3-6,9-12,14-15H2,1-2H3,(H,22,24)/t20-/m1/s1. The predicted octanol–water partition coefficient (Wildman–Crippen LogP) is 2.58. The second-order valence-corrected chi connectivity index (χ2v) is 7.75. The van der Waals surface area contributed by atoms with Crippen molar-refractivity contribution in [1.82, 2.24) is 10.2 Å². The second kappa shape index (κ2) is 8.81. The fraction of sp³-hybridized carbons (Fsp3) is 0.667. The van der Waals surface area contributed by atoms with E-state index in [9.17, 15) is 4.79 Å². The highest BCUT2D eigenvalue weighted by atomic mass is 16.5. The molecule has 1 N–H and O–H groups in total. The molecule has 1 fully saturated rings. The van der Waals surface area contributed by atoms with Crippen LogP contribution in [-0.4, -0.2) is 49.7 Å². The summed E-state index contributed by atoms with van der Waals surface area (Å²) in [6.45, 7) is 8.71. The van der Waals surface area contributed by atoms with Crippen molar-refractivity contribution in [3.05, 3.63) is 34.9 Å². The van der Waals surface area contributed by atoms with Gasteiger partial charge in [-0.15, -0.1) is 0 Å². The number of aryl methyl sites for hydroxylation is 2. The normalized spacial score (nSPS) is 19.5. The van der Waals surface area contributed by atoms with Gasteiger partial charge in [-0.1, -0.05) is 32.0 Å². The van der Waals surface area contributed by atoms with Crippen LogP contribution in [0.25, 0.3) is 0 Å². The predicted molar refractivity (Wildman–Crippen MR) is 101 cm³/mol. The summed E-state index contributed by atoms with van der Waals surface area (Å²) in [5.41, 5.74) is 4.07. The summed E-state index contributed by atoms with van der Waals surface area (Å²) in [5.74, 6) is 0.650. The molecule has 0 aromatic heterocycles. The molecule has 1 aliphatic carbocycles. The average molecular weight is 344 g/mol. The minimum atomic E-state index is 0.134. The fourth-order valence-corrected chi connectivity index (χ4v) is 4.06. The Morgan fingerprint density at radius 3 is 2.60 bits per heavy atom. The first-order valence-corrected chi connectivity index (χ1v) is 9.82. The zero-order chi connectivity index (χ0) is 17.6. The number of hydrogen-bond donors (Lipinski definition) is 1. The molecule has 138 valence electrons. The van der Waals surface area contributed by atoms with E-state index in [1.807, 2.05) is 0 Å². The van der Waals surface area contributed by atoms with Gasteiger partial charge in [0.25, 0.3) is 0 Å². The van der Waals surface area contributed by atoms with Gasteiger partial charge in [0.05, 0.1) is 19.6 Å². The van der Waals surface area contributed by atoms with E-state index in [1.54, 1.807) is 0 Å². The smallest absolute Gasteiger partial charge is 0.224 e. The summed E-state index contributed by atoms with van der Waals surface area (Å²) < 4.78 is 5.45. The molecular weight excluding hydrogens is 312 g/mol. The highest BCUT2D eigenvalue weighted by molar-refractivity contribution is 5.78. The van der Waals surface area contributed by atoms with Crippen LogP contribution in [0, 0.1) is 5.92 Å². The first-order chi connectivity index (χ1) is 12.1. The van der Waals surface area contributed by atoms with Crippen molar-refractivity contribution in [2.75, 3.05) is 32.8 Å². The van der Waals surface area contributed by atoms with E-state index in [-0.39, 0.29) is 5.91 Å². The van der Waals surface area contributed by atoms with Crippen LogP contribution in [0.1, 0.15) is 43.4 Å². The van der Waals surface area contributed by atoms with E-state index < -0.39 is 0 Å². The minimum absolute atomic E-state index is 0.134. The minimum Gasteiger partial charge on any atom is -0.379 e. The number of nitrogens with zero attached hydrogens (tertiary/aromatic N) is 1. The topological polar surface area (TPSA) is 41.6 Å². The Labute approximate surface area is 151 Å². The number of morpholine rings is 1. The number of benzene rings is 1. The van der Waals surface area contributed by atoms with Gasteiger partial charge in [-0.25, -0.2) is 0 Å². The third-order valence-corrected chi connectivity index (χ3v) is 5.57. The Morgan fingerprint density at radius 2 is 1.88 bits per heavy atom. The van der Waals surface area contributed by atoms with Crippen LogP contribution in [0.2, 0.25) is 0 Å². The van der Waals surface area contributed by atoms with Crippen LogP contribution >= 0.6 is 0 Å². The van der Waals surface area contributed by atoms with Gasteiger partial charge >= 0.3 is 0 Å². The van der Waals surface area contributed by atoms with Crippen LogP contribution in [0.3, 0.4) is 0 Å². The summed E-state index contributed by atoms with van der Waals surface area (Å²) in [6, 6.07) is 6.99. The summed E-state index contributed by atoms with van der Waals surface area (Å²) >= 11 is 0. The number of nitrogens with one attached hydrogen (secondary N) is 1. The van der Waals surface area contributed by atoms with Gasteiger partial charge in [0.2, 0.25) is 5.91 Å². The molecule has 1 aromatic rings. The molecule has 1 aromatic carbocycles. The lowest BCUT2D eigenvalue weighted by Crippen LogP contribution is -2.51. The number of rotatable bonds is 6. The molecule has 0 spiro atoms. The zero-order valence-corrected chi connectivity index (χ0v) is 15.7. The Balaban J connectivity index is 1.52. The summed E-state index contributed by atoms with van der Waals surface area (Å²) in [4.78, 5) is 14.9. The maximum absolute atomic E-state index is 12.4. The Bertz CT molecular complexity index is 579. The first-order valence-electron chi connectivity index (χ1n) is 9.82. The van der Waals surface area contributed by atoms with E-state index in [1.165, 1.54) is 30.4 Å². The van der Waals surface area contributed by atoms with Crippen molar-refractivity contribution in [3.63, 3.8) is 0 Å². The number of hydrogen-bond acceptors (Lipinski definition) is 3. The molecule has 0 saturated carbocycles. The molecule has 3 rings (SSSR count). The Morgan fingerprint density at radius 1 is 1.16 bits per heavy atom. The third kappa shape index (κ3) is 5.05. The Kier molecular flexibility index (Phi) is 6.49. The van der Waals surface area contributed by atoms with Crippen molar-refractivity contribution in [1.29, 1.82) is 0 Å². The monoisotopic (exact) mass is 344 g/mol. The summed E-state index contributed by atoms with van der Waals surface area (Å²) in [5, 5.41) is 3.17.